The molecule has 1 unspecified atom stereocenters. The molecule has 5 heteroatoms. The fourth-order valence-electron chi connectivity index (χ4n) is 3.43. The van der Waals surface area contributed by atoms with Gasteiger partial charge in [0.2, 0.25) is 5.91 Å². The summed E-state index contributed by atoms with van der Waals surface area (Å²) in [5, 5.41) is 4.18. The number of carbonyl (C=O) groups excluding carboxylic acids is 1. The average Bonchev–Trinajstić information content (AvgIpc) is 3.19. The molecule has 5 nitrogen and oxygen atoms in total. The van der Waals surface area contributed by atoms with Crippen molar-refractivity contribution in [3.05, 3.63) is 30.5 Å². The highest BCUT2D eigenvalue weighted by Gasteiger charge is 2.23. The lowest BCUT2D eigenvalue weighted by Gasteiger charge is -2.22. The monoisotopic (exact) mass is 315 g/mol. The van der Waals surface area contributed by atoms with E-state index in [2.05, 4.69) is 17.1 Å². The van der Waals surface area contributed by atoms with E-state index < -0.39 is 0 Å². The second kappa shape index (κ2) is 7.04. The van der Waals surface area contributed by atoms with Crippen LogP contribution >= 0.6 is 0 Å². The van der Waals surface area contributed by atoms with Gasteiger partial charge in [0, 0.05) is 29.7 Å². The SMILES string of the molecule is CCN1CCCC1CNC(=O)Cn1ccc2cc(OC)ccc21. The van der Waals surface area contributed by atoms with Crippen LogP contribution in [0, 0.1) is 0 Å². The molecule has 1 N–H and O–H groups in total. The van der Waals surface area contributed by atoms with Crippen LogP contribution in [0.1, 0.15) is 19.8 Å². The van der Waals surface area contributed by atoms with Crippen molar-refractivity contribution in [3.8, 4) is 5.75 Å². The number of amides is 1. The van der Waals surface area contributed by atoms with Crippen molar-refractivity contribution in [3.63, 3.8) is 0 Å². The number of likely N-dealkylation sites (N-methyl/N-ethyl adjacent to an activating group) is 1. The second-order valence-corrected chi connectivity index (χ2v) is 6.10. The smallest absolute Gasteiger partial charge is 0.239 e. The van der Waals surface area contributed by atoms with Crippen LogP contribution < -0.4 is 10.1 Å². The standard InChI is InChI=1S/C18H25N3O2/c1-3-20-9-4-5-15(20)12-19-18(22)13-21-10-8-14-11-16(23-2)6-7-17(14)21/h6-8,10-11,15H,3-5,9,12-13H2,1-2H3,(H,19,22). The molecule has 0 spiro atoms. The van der Waals surface area contributed by atoms with Crippen LogP contribution in [-0.4, -0.2) is 48.2 Å². The van der Waals surface area contributed by atoms with Crippen LogP contribution in [0.5, 0.6) is 5.75 Å². The Kier molecular flexibility index (Phi) is 4.86. The van der Waals surface area contributed by atoms with Crippen molar-refractivity contribution in [1.29, 1.82) is 0 Å². The lowest BCUT2D eigenvalue weighted by Crippen LogP contribution is -2.40. The number of fused-ring (bicyclic) bond motifs is 1. The Morgan fingerprint density at radius 3 is 3.04 bits per heavy atom. The average molecular weight is 315 g/mol. The van der Waals surface area contributed by atoms with Gasteiger partial charge < -0.3 is 14.6 Å². The highest BCUT2D eigenvalue weighted by atomic mass is 16.5. The first-order chi connectivity index (χ1) is 11.2. The Morgan fingerprint density at radius 2 is 2.26 bits per heavy atom. The summed E-state index contributed by atoms with van der Waals surface area (Å²) in [7, 11) is 1.66. The molecule has 0 aliphatic carbocycles. The molecule has 1 fully saturated rings. The van der Waals surface area contributed by atoms with Crippen LogP contribution in [0.4, 0.5) is 0 Å². The van der Waals surface area contributed by atoms with Crippen molar-refractivity contribution in [2.75, 3.05) is 26.7 Å². The van der Waals surface area contributed by atoms with Gasteiger partial charge in [0.25, 0.3) is 0 Å². The summed E-state index contributed by atoms with van der Waals surface area (Å²) in [6.45, 7) is 5.50. The number of methoxy groups -OCH3 is 1. The Morgan fingerprint density at radius 1 is 1.39 bits per heavy atom. The first-order valence-corrected chi connectivity index (χ1v) is 8.35. The van der Waals surface area contributed by atoms with E-state index in [9.17, 15) is 4.79 Å². The summed E-state index contributed by atoms with van der Waals surface area (Å²) in [6, 6.07) is 8.42. The molecule has 0 bridgehead atoms. The van der Waals surface area contributed by atoms with Gasteiger partial charge in [0.1, 0.15) is 12.3 Å². The molecule has 1 atom stereocenters. The highest BCUT2D eigenvalue weighted by Crippen LogP contribution is 2.21. The van der Waals surface area contributed by atoms with Crippen molar-refractivity contribution in [1.82, 2.24) is 14.8 Å². The minimum Gasteiger partial charge on any atom is -0.497 e. The van der Waals surface area contributed by atoms with Crippen molar-refractivity contribution >= 4 is 16.8 Å². The van der Waals surface area contributed by atoms with Gasteiger partial charge in [0.05, 0.1) is 7.11 Å². The first-order valence-electron chi connectivity index (χ1n) is 8.35. The highest BCUT2D eigenvalue weighted by molar-refractivity contribution is 5.84. The third-order valence-corrected chi connectivity index (χ3v) is 4.73. The number of nitrogens with zero attached hydrogens (tertiary/aromatic N) is 2. The van der Waals surface area contributed by atoms with Crippen molar-refractivity contribution < 1.29 is 9.53 Å². The summed E-state index contributed by atoms with van der Waals surface area (Å²) in [4.78, 5) is 14.7. The van der Waals surface area contributed by atoms with E-state index in [4.69, 9.17) is 4.74 Å². The number of carbonyl (C=O) groups is 1. The van der Waals surface area contributed by atoms with Gasteiger partial charge >= 0.3 is 0 Å². The van der Waals surface area contributed by atoms with Crippen LogP contribution in [0.25, 0.3) is 10.9 Å². The zero-order valence-corrected chi connectivity index (χ0v) is 13.9. The lowest BCUT2D eigenvalue weighted by molar-refractivity contribution is -0.121. The molecule has 1 saturated heterocycles. The number of nitrogens with one attached hydrogen (secondary N) is 1. The Balaban J connectivity index is 1.59. The zero-order valence-electron chi connectivity index (χ0n) is 13.9. The molecule has 1 aromatic carbocycles. The number of hydrogen-bond donors (Lipinski definition) is 1. The third-order valence-electron chi connectivity index (χ3n) is 4.73. The maximum atomic E-state index is 12.3. The Bertz CT molecular complexity index is 680. The quantitative estimate of drug-likeness (QED) is 0.889. The van der Waals surface area contributed by atoms with E-state index in [0.29, 0.717) is 12.6 Å². The third kappa shape index (κ3) is 3.50. The molecular formula is C18H25N3O2. The van der Waals surface area contributed by atoms with Gasteiger partial charge in [0.15, 0.2) is 0 Å². The van der Waals surface area contributed by atoms with Crippen LogP contribution in [-0.2, 0) is 11.3 Å². The van der Waals surface area contributed by atoms with E-state index in [-0.39, 0.29) is 5.91 Å². The summed E-state index contributed by atoms with van der Waals surface area (Å²) in [5.74, 6) is 0.905. The molecule has 2 aromatic rings. The fraction of sp³-hybridized carbons (Fsp3) is 0.500. The van der Waals surface area contributed by atoms with Crippen molar-refractivity contribution in [2.24, 2.45) is 0 Å². The molecule has 1 aromatic heterocycles. The minimum atomic E-state index is 0.0706. The number of benzene rings is 1. The normalized spacial score (nSPS) is 18.4. The predicted molar refractivity (Wildman–Crippen MR) is 91.8 cm³/mol. The van der Waals surface area contributed by atoms with E-state index in [0.717, 1.165) is 36.3 Å². The maximum Gasteiger partial charge on any atom is 0.239 e. The second-order valence-electron chi connectivity index (χ2n) is 6.10. The molecule has 23 heavy (non-hydrogen) atoms. The number of rotatable bonds is 6. The lowest BCUT2D eigenvalue weighted by atomic mass is 10.2. The van der Waals surface area contributed by atoms with Gasteiger partial charge in [-0.15, -0.1) is 0 Å². The minimum absolute atomic E-state index is 0.0706. The van der Waals surface area contributed by atoms with E-state index in [1.807, 2.05) is 35.0 Å². The van der Waals surface area contributed by atoms with Crippen LogP contribution in [0.3, 0.4) is 0 Å². The van der Waals surface area contributed by atoms with E-state index in [1.54, 1.807) is 7.11 Å². The molecule has 3 rings (SSSR count). The Labute approximate surface area is 137 Å². The number of aromatic nitrogens is 1. The van der Waals surface area contributed by atoms with Gasteiger partial charge in [-0.1, -0.05) is 6.92 Å². The molecule has 1 amide bonds. The summed E-state index contributed by atoms with van der Waals surface area (Å²) in [5.41, 5.74) is 1.05. The van der Waals surface area contributed by atoms with Crippen LogP contribution in [0.2, 0.25) is 0 Å². The Hall–Kier alpha value is -2.01. The summed E-state index contributed by atoms with van der Waals surface area (Å²) < 4.78 is 7.22. The van der Waals surface area contributed by atoms with Gasteiger partial charge in [-0.05, 0) is 50.2 Å². The van der Waals surface area contributed by atoms with Gasteiger partial charge in [-0.3, -0.25) is 9.69 Å². The summed E-state index contributed by atoms with van der Waals surface area (Å²) >= 11 is 0. The molecule has 124 valence electrons. The fourth-order valence-corrected chi connectivity index (χ4v) is 3.43. The van der Waals surface area contributed by atoms with Gasteiger partial charge in [-0.25, -0.2) is 0 Å². The molecule has 1 aliphatic rings. The first kappa shape index (κ1) is 15.9. The predicted octanol–water partition coefficient (Wildman–Crippen LogP) is 2.25. The van der Waals surface area contributed by atoms with Crippen molar-refractivity contribution in [2.45, 2.75) is 32.4 Å². The molecular weight excluding hydrogens is 290 g/mol. The molecule has 0 radical (unpaired) electrons. The van der Waals surface area contributed by atoms with E-state index >= 15 is 0 Å². The van der Waals surface area contributed by atoms with E-state index in [1.165, 1.54) is 12.8 Å². The van der Waals surface area contributed by atoms with Crippen LogP contribution in [0.15, 0.2) is 30.5 Å². The largest absolute Gasteiger partial charge is 0.497 e. The number of likely N-dealkylation sites (tertiary alicyclic amines) is 1. The summed E-state index contributed by atoms with van der Waals surface area (Å²) in [6.07, 6.45) is 4.37. The zero-order chi connectivity index (χ0) is 16.2. The maximum absolute atomic E-state index is 12.3. The molecule has 1 aliphatic heterocycles. The number of hydrogen-bond acceptors (Lipinski definition) is 3. The topological polar surface area (TPSA) is 46.5 Å². The number of ether oxygens (including phenoxy) is 1. The molecule has 2 heterocycles. The molecule has 0 saturated carbocycles. The van der Waals surface area contributed by atoms with Gasteiger partial charge in [-0.2, -0.15) is 0 Å².